The van der Waals surface area contributed by atoms with Gasteiger partial charge in [0.05, 0.1) is 11.9 Å². The number of rotatable bonds is 3. The molecular weight excluding hydrogens is 268 g/mol. The molecule has 0 aliphatic rings. The van der Waals surface area contributed by atoms with E-state index in [9.17, 15) is 9.59 Å². The number of aromatic nitrogens is 2. The smallest absolute Gasteiger partial charge is 0.287 e. The molecule has 1 aromatic rings. The highest BCUT2D eigenvalue weighted by molar-refractivity contribution is 6.33. The molecule has 0 aliphatic heterocycles. The molecule has 6 nitrogen and oxygen atoms in total. The minimum absolute atomic E-state index is 0.0212. The first-order chi connectivity index (χ1) is 8.61. The van der Waals surface area contributed by atoms with Crippen molar-refractivity contribution in [2.45, 2.75) is 39.3 Å². The van der Waals surface area contributed by atoms with Crippen molar-refractivity contribution in [3.63, 3.8) is 0 Å². The quantitative estimate of drug-likeness (QED) is 0.874. The van der Waals surface area contributed by atoms with E-state index >= 15 is 0 Å². The van der Waals surface area contributed by atoms with Gasteiger partial charge in [0, 0.05) is 12.6 Å². The summed E-state index contributed by atoms with van der Waals surface area (Å²) in [5.41, 5.74) is -0.376. The van der Waals surface area contributed by atoms with Crippen LogP contribution in [0.1, 0.15) is 27.7 Å². The van der Waals surface area contributed by atoms with Crippen LogP contribution in [0.25, 0.3) is 0 Å². The van der Waals surface area contributed by atoms with Crippen molar-refractivity contribution in [3.05, 3.63) is 21.6 Å². The number of carbonyl (C=O) groups is 1. The van der Waals surface area contributed by atoms with Crippen LogP contribution in [0.15, 0.2) is 11.0 Å². The van der Waals surface area contributed by atoms with Crippen LogP contribution in [0.5, 0.6) is 0 Å². The first kappa shape index (κ1) is 15.5. The van der Waals surface area contributed by atoms with Crippen molar-refractivity contribution in [3.8, 4) is 0 Å². The molecular formula is C12H19ClN4O2. The molecule has 1 unspecified atom stereocenters. The van der Waals surface area contributed by atoms with Crippen LogP contribution in [-0.2, 0) is 11.8 Å². The van der Waals surface area contributed by atoms with Gasteiger partial charge in [-0.15, -0.1) is 0 Å². The fourth-order valence-corrected chi connectivity index (χ4v) is 1.61. The molecule has 1 amide bonds. The molecule has 0 fully saturated rings. The average Bonchev–Trinajstić information content (AvgIpc) is 2.27. The van der Waals surface area contributed by atoms with E-state index in [1.165, 1.54) is 13.2 Å². The number of anilines is 1. The minimum Gasteiger partial charge on any atom is -0.371 e. The van der Waals surface area contributed by atoms with Crippen LogP contribution in [0, 0.1) is 0 Å². The standard InChI is InChI=1S/C12H19ClN4O2/c1-7(10(18)16-12(2,3)4)15-8-6-14-17(5)11(19)9(8)13/h6-7,15H,1-5H3,(H,16,18). The normalized spacial score (nSPS) is 12.9. The van der Waals surface area contributed by atoms with Gasteiger partial charge in [-0.05, 0) is 27.7 Å². The Morgan fingerprint density at radius 2 is 2.05 bits per heavy atom. The van der Waals surface area contributed by atoms with Gasteiger partial charge in [0.15, 0.2) is 0 Å². The second-order valence-electron chi connectivity index (χ2n) is 5.41. The van der Waals surface area contributed by atoms with Crippen molar-refractivity contribution >= 4 is 23.2 Å². The maximum absolute atomic E-state index is 11.9. The number of nitrogens with zero attached hydrogens (tertiary/aromatic N) is 2. The highest BCUT2D eigenvalue weighted by atomic mass is 35.5. The van der Waals surface area contributed by atoms with E-state index in [1.54, 1.807) is 6.92 Å². The molecule has 0 spiro atoms. The van der Waals surface area contributed by atoms with Crippen molar-refractivity contribution in [1.82, 2.24) is 15.1 Å². The molecule has 0 bridgehead atoms. The average molecular weight is 287 g/mol. The Morgan fingerprint density at radius 1 is 1.47 bits per heavy atom. The molecule has 1 aromatic heterocycles. The SMILES string of the molecule is CC(Nc1cnn(C)c(=O)c1Cl)C(=O)NC(C)(C)C. The van der Waals surface area contributed by atoms with Crippen molar-refractivity contribution in [1.29, 1.82) is 0 Å². The summed E-state index contributed by atoms with van der Waals surface area (Å²) in [6.45, 7) is 7.37. The van der Waals surface area contributed by atoms with E-state index in [2.05, 4.69) is 15.7 Å². The summed E-state index contributed by atoms with van der Waals surface area (Å²) in [4.78, 5) is 23.5. The van der Waals surface area contributed by atoms with Crippen LogP contribution in [0.2, 0.25) is 5.02 Å². The molecule has 1 atom stereocenters. The van der Waals surface area contributed by atoms with Crippen LogP contribution >= 0.6 is 11.6 Å². The van der Waals surface area contributed by atoms with Crippen LogP contribution < -0.4 is 16.2 Å². The van der Waals surface area contributed by atoms with E-state index < -0.39 is 11.6 Å². The highest BCUT2D eigenvalue weighted by Gasteiger charge is 2.20. The molecule has 0 radical (unpaired) electrons. The zero-order chi connectivity index (χ0) is 14.8. The van der Waals surface area contributed by atoms with Crippen molar-refractivity contribution in [2.24, 2.45) is 7.05 Å². The van der Waals surface area contributed by atoms with E-state index in [4.69, 9.17) is 11.6 Å². The lowest BCUT2D eigenvalue weighted by molar-refractivity contribution is -0.122. The number of halogens is 1. The number of nitrogens with one attached hydrogen (secondary N) is 2. The molecule has 1 heterocycles. The summed E-state index contributed by atoms with van der Waals surface area (Å²) in [6.07, 6.45) is 1.42. The van der Waals surface area contributed by atoms with E-state index in [0.717, 1.165) is 4.68 Å². The molecule has 0 saturated carbocycles. The zero-order valence-electron chi connectivity index (χ0n) is 11.7. The number of hydrogen-bond donors (Lipinski definition) is 2. The predicted octanol–water partition coefficient (Wildman–Crippen LogP) is 1.15. The Morgan fingerprint density at radius 3 is 2.58 bits per heavy atom. The Bertz CT molecular complexity index is 534. The maximum Gasteiger partial charge on any atom is 0.287 e. The molecule has 106 valence electrons. The largest absolute Gasteiger partial charge is 0.371 e. The van der Waals surface area contributed by atoms with Gasteiger partial charge in [0.2, 0.25) is 5.91 Å². The Hall–Kier alpha value is -1.56. The summed E-state index contributed by atoms with van der Waals surface area (Å²) in [5.74, 6) is -0.177. The van der Waals surface area contributed by atoms with Gasteiger partial charge >= 0.3 is 0 Å². The van der Waals surface area contributed by atoms with Gasteiger partial charge in [-0.2, -0.15) is 5.10 Å². The molecule has 0 saturated heterocycles. The first-order valence-electron chi connectivity index (χ1n) is 5.92. The van der Waals surface area contributed by atoms with E-state index in [1.807, 2.05) is 20.8 Å². The predicted molar refractivity (Wildman–Crippen MR) is 75.5 cm³/mol. The second kappa shape index (κ2) is 5.61. The minimum atomic E-state index is -0.523. The van der Waals surface area contributed by atoms with Crippen molar-refractivity contribution < 1.29 is 4.79 Å². The highest BCUT2D eigenvalue weighted by Crippen LogP contribution is 2.16. The zero-order valence-corrected chi connectivity index (χ0v) is 12.5. The molecule has 0 aliphatic carbocycles. The molecule has 7 heteroatoms. The van der Waals surface area contributed by atoms with Gasteiger partial charge in [-0.1, -0.05) is 11.6 Å². The van der Waals surface area contributed by atoms with Gasteiger partial charge < -0.3 is 10.6 Å². The molecule has 0 aromatic carbocycles. The monoisotopic (exact) mass is 286 g/mol. The number of carbonyl (C=O) groups excluding carboxylic acids is 1. The first-order valence-corrected chi connectivity index (χ1v) is 6.30. The van der Waals surface area contributed by atoms with Gasteiger partial charge in [-0.3, -0.25) is 9.59 Å². The Kier molecular flexibility index (Phi) is 4.57. The third-order valence-corrected chi connectivity index (χ3v) is 2.71. The third-order valence-electron chi connectivity index (χ3n) is 2.34. The fraction of sp³-hybridized carbons (Fsp3) is 0.583. The summed E-state index contributed by atoms with van der Waals surface area (Å²) in [5, 5.41) is 9.59. The molecule has 1 rings (SSSR count). The van der Waals surface area contributed by atoms with Crippen molar-refractivity contribution in [2.75, 3.05) is 5.32 Å². The number of aryl methyl sites for hydroxylation is 1. The van der Waals surface area contributed by atoms with Crippen LogP contribution in [-0.4, -0.2) is 27.3 Å². The lowest BCUT2D eigenvalue weighted by Crippen LogP contribution is -2.47. The summed E-state index contributed by atoms with van der Waals surface area (Å²) < 4.78 is 1.13. The number of amides is 1. The van der Waals surface area contributed by atoms with E-state index in [0.29, 0.717) is 5.69 Å². The summed E-state index contributed by atoms with van der Waals surface area (Å²) >= 11 is 5.91. The van der Waals surface area contributed by atoms with Crippen LogP contribution in [0.4, 0.5) is 5.69 Å². The fourth-order valence-electron chi connectivity index (χ4n) is 1.39. The van der Waals surface area contributed by atoms with Gasteiger partial charge in [0.1, 0.15) is 11.1 Å². The third kappa shape index (κ3) is 4.24. The topological polar surface area (TPSA) is 76.0 Å². The van der Waals surface area contributed by atoms with Gasteiger partial charge in [0.25, 0.3) is 5.56 Å². The van der Waals surface area contributed by atoms with Gasteiger partial charge in [-0.25, -0.2) is 4.68 Å². The summed E-state index contributed by atoms with van der Waals surface area (Å²) in [6, 6.07) is -0.523. The number of hydrogen-bond acceptors (Lipinski definition) is 4. The Labute approximate surface area is 117 Å². The maximum atomic E-state index is 11.9. The second-order valence-corrected chi connectivity index (χ2v) is 5.78. The lowest BCUT2D eigenvalue weighted by atomic mass is 10.1. The van der Waals surface area contributed by atoms with E-state index in [-0.39, 0.29) is 16.5 Å². The van der Waals surface area contributed by atoms with Crippen LogP contribution in [0.3, 0.4) is 0 Å². The lowest BCUT2D eigenvalue weighted by Gasteiger charge is -2.24. The molecule has 19 heavy (non-hydrogen) atoms. The summed E-state index contributed by atoms with van der Waals surface area (Å²) in [7, 11) is 1.51. The molecule has 2 N–H and O–H groups in total. The Balaban J connectivity index is 2.83.